The summed E-state index contributed by atoms with van der Waals surface area (Å²) >= 11 is 0. The van der Waals surface area contributed by atoms with Gasteiger partial charge in [-0.05, 0) is 12.8 Å². The zero-order valence-electron chi connectivity index (χ0n) is 9.67. The number of nitrogens with two attached hydrogens (primary N) is 1. The van der Waals surface area contributed by atoms with Crippen LogP contribution in [-0.4, -0.2) is 24.0 Å². The van der Waals surface area contributed by atoms with Crippen LogP contribution in [-0.2, 0) is 4.79 Å². The summed E-state index contributed by atoms with van der Waals surface area (Å²) in [6.45, 7) is 0.654. The molecule has 1 aromatic heterocycles. The molecule has 0 unspecified atom stereocenters. The van der Waals surface area contributed by atoms with E-state index in [9.17, 15) is 13.6 Å². The molecule has 1 saturated carbocycles. The molecule has 1 heterocycles. The van der Waals surface area contributed by atoms with Crippen molar-refractivity contribution < 1.29 is 13.6 Å². The van der Waals surface area contributed by atoms with Gasteiger partial charge in [0.15, 0.2) is 23.3 Å². The Kier molecular flexibility index (Phi) is 3.59. The highest BCUT2D eigenvalue weighted by Gasteiger charge is 2.28. The van der Waals surface area contributed by atoms with E-state index in [1.165, 1.54) is 0 Å². The van der Waals surface area contributed by atoms with Gasteiger partial charge in [0.25, 0.3) is 0 Å². The Morgan fingerprint density at radius 1 is 1.39 bits per heavy atom. The van der Waals surface area contributed by atoms with Crippen LogP contribution >= 0.6 is 0 Å². The molecule has 0 aliphatic heterocycles. The predicted molar refractivity (Wildman–Crippen MR) is 62.8 cm³/mol. The van der Waals surface area contributed by atoms with Gasteiger partial charge in [-0.15, -0.1) is 0 Å². The summed E-state index contributed by atoms with van der Waals surface area (Å²) in [6, 6.07) is 0.674. The summed E-state index contributed by atoms with van der Waals surface area (Å²) in [5, 5.41) is 5.35. The summed E-state index contributed by atoms with van der Waals surface area (Å²) in [6.07, 6.45) is 1.87. The fourth-order valence-electron chi connectivity index (χ4n) is 1.46. The maximum absolute atomic E-state index is 13.2. The molecule has 0 spiro atoms. The van der Waals surface area contributed by atoms with Crippen LogP contribution in [0.2, 0.25) is 0 Å². The van der Waals surface area contributed by atoms with Crippen molar-refractivity contribution >= 4 is 17.5 Å². The van der Waals surface area contributed by atoms with Gasteiger partial charge in [-0.1, -0.05) is 0 Å². The van der Waals surface area contributed by atoms with Crippen molar-refractivity contribution in [3.63, 3.8) is 0 Å². The fraction of sp³-hybridized carbons (Fsp3) is 0.455. The van der Waals surface area contributed by atoms with Crippen molar-refractivity contribution in [3.05, 3.63) is 17.7 Å². The minimum Gasteiger partial charge on any atom is -0.381 e. The second-order valence-corrected chi connectivity index (χ2v) is 4.18. The van der Waals surface area contributed by atoms with Crippen molar-refractivity contribution in [2.24, 2.45) is 5.92 Å². The number of carbonyl (C=O) groups is 1. The Bertz CT molecular complexity index is 463. The normalized spacial score (nSPS) is 14.3. The topological polar surface area (TPSA) is 80.0 Å². The molecule has 1 aliphatic rings. The molecule has 4 N–H and O–H groups in total. The van der Waals surface area contributed by atoms with E-state index >= 15 is 0 Å². The number of aromatic nitrogens is 1. The summed E-state index contributed by atoms with van der Waals surface area (Å²) in [5.41, 5.74) is 5.23. The summed E-state index contributed by atoms with van der Waals surface area (Å²) in [5.74, 6) is -2.02. The molecule has 5 nitrogen and oxygen atoms in total. The van der Waals surface area contributed by atoms with Gasteiger partial charge in [0.1, 0.15) is 0 Å². The number of amides is 1. The number of anilines is 2. The molecule has 1 amide bonds. The van der Waals surface area contributed by atoms with Crippen LogP contribution in [0.4, 0.5) is 20.4 Å². The van der Waals surface area contributed by atoms with E-state index in [0.717, 1.165) is 12.8 Å². The standard InChI is InChI=1S/C11H14F2N4O/c12-7-5-8(13)10(17-9(7)14)15-3-4-16-11(18)6-1-2-6/h5-6H,1-4H2,(H,16,18)(H3,14,15,17). The first-order valence-electron chi connectivity index (χ1n) is 5.71. The highest BCUT2D eigenvalue weighted by atomic mass is 19.1. The third-order valence-corrected chi connectivity index (χ3v) is 2.62. The number of carbonyl (C=O) groups excluding carboxylic acids is 1. The number of hydrogen-bond acceptors (Lipinski definition) is 4. The minimum atomic E-state index is -0.889. The predicted octanol–water partition coefficient (Wildman–Crippen LogP) is 0.880. The second-order valence-electron chi connectivity index (χ2n) is 4.18. The van der Waals surface area contributed by atoms with Crippen LogP contribution in [0.25, 0.3) is 0 Å². The molecule has 0 bridgehead atoms. The van der Waals surface area contributed by atoms with E-state index in [2.05, 4.69) is 15.6 Å². The van der Waals surface area contributed by atoms with Gasteiger partial charge in [-0.2, -0.15) is 0 Å². The van der Waals surface area contributed by atoms with E-state index in [1.807, 2.05) is 0 Å². The average molecular weight is 256 g/mol. The van der Waals surface area contributed by atoms with Crippen molar-refractivity contribution in [2.75, 3.05) is 24.1 Å². The number of rotatable bonds is 5. The minimum absolute atomic E-state index is 0.0175. The van der Waals surface area contributed by atoms with E-state index in [0.29, 0.717) is 19.2 Å². The number of halogens is 2. The van der Waals surface area contributed by atoms with Crippen molar-refractivity contribution in [2.45, 2.75) is 12.8 Å². The number of hydrogen-bond donors (Lipinski definition) is 3. The molecule has 1 aromatic rings. The number of nitrogens with zero attached hydrogens (tertiary/aromatic N) is 1. The third-order valence-electron chi connectivity index (χ3n) is 2.62. The molecular formula is C11H14F2N4O. The first kappa shape index (κ1) is 12.5. The Labute approximate surface area is 103 Å². The molecule has 0 radical (unpaired) electrons. The second kappa shape index (κ2) is 5.16. The van der Waals surface area contributed by atoms with E-state index in [1.54, 1.807) is 0 Å². The van der Waals surface area contributed by atoms with Gasteiger partial charge in [0.2, 0.25) is 5.91 Å². The largest absolute Gasteiger partial charge is 0.381 e. The third kappa shape index (κ3) is 3.06. The SMILES string of the molecule is Nc1nc(NCCNC(=O)C2CC2)c(F)cc1F. The van der Waals surface area contributed by atoms with E-state index < -0.39 is 11.6 Å². The highest BCUT2D eigenvalue weighted by molar-refractivity contribution is 5.80. The Hall–Kier alpha value is -1.92. The monoisotopic (exact) mass is 256 g/mol. The molecular weight excluding hydrogens is 242 g/mol. The van der Waals surface area contributed by atoms with Crippen LogP contribution in [0.1, 0.15) is 12.8 Å². The van der Waals surface area contributed by atoms with Crippen LogP contribution in [0.15, 0.2) is 6.07 Å². The molecule has 0 saturated heterocycles. The molecule has 2 rings (SSSR count). The first-order chi connectivity index (χ1) is 8.58. The summed E-state index contributed by atoms with van der Waals surface area (Å²) < 4.78 is 26.1. The molecule has 18 heavy (non-hydrogen) atoms. The summed E-state index contributed by atoms with van der Waals surface area (Å²) in [7, 11) is 0. The quantitative estimate of drug-likeness (QED) is 0.683. The summed E-state index contributed by atoms with van der Waals surface area (Å²) in [4.78, 5) is 14.8. The number of pyridine rings is 1. The van der Waals surface area contributed by atoms with Crippen LogP contribution in [0.5, 0.6) is 0 Å². The molecule has 7 heteroatoms. The molecule has 1 aliphatic carbocycles. The van der Waals surface area contributed by atoms with E-state index in [4.69, 9.17) is 5.73 Å². The highest BCUT2D eigenvalue weighted by Crippen LogP contribution is 2.28. The van der Waals surface area contributed by atoms with Gasteiger partial charge in [0, 0.05) is 25.1 Å². The lowest BCUT2D eigenvalue weighted by Gasteiger charge is -2.08. The maximum atomic E-state index is 13.2. The number of nitrogens with one attached hydrogen (secondary N) is 2. The lowest BCUT2D eigenvalue weighted by Crippen LogP contribution is -2.30. The van der Waals surface area contributed by atoms with Crippen LogP contribution in [0.3, 0.4) is 0 Å². The Morgan fingerprint density at radius 3 is 2.78 bits per heavy atom. The van der Waals surface area contributed by atoms with E-state index in [-0.39, 0.29) is 23.5 Å². The van der Waals surface area contributed by atoms with Crippen molar-refractivity contribution in [1.82, 2.24) is 10.3 Å². The molecule has 98 valence electrons. The molecule has 1 fully saturated rings. The Morgan fingerprint density at radius 2 is 2.11 bits per heavy atom. The lowest BCUT2D eigenvalue weighted by molar-refractivity contribution is -0.122. The maximum Gasteiger partial charge on any atom is 0.223 e. The van der Waals surface area contributed by atoms with Gasteiger partial charge < -0.3 is 16.4 Å². The van der Waals surface area contributed by atoms with Gasteiger partial charge >= 0.3 is 0 Å². The van der Waals surface area contributed by atoms with Gasteiger partial charge in [-0.25, -0.2) is 13.8 Å². The first-order valence-corrected chi connectivity index (χ1v) is 5.71. The van der Waals surface area contributed by atoms with Crippen LogP contribution < -0.4 is 16.4 Å². The molecule has 0 atom stereocenters. The number of nitrogen functional groups attached to an aromatic ring is 1. The zero-order chi connectivity index (χ0) is 13.1. The van der Waals surface area contributed by atoms with Crippen molar-refractivity contribution in [1.29, 1.82) is 0 Å². The average Bonchev–Trinajstić information content (AvgIpc) is 3.14. The Balaban J connectivity index is 1.79. The fourth-order valence-corrected chi connectivity index (χ4v) is 1.46. The van der Waals surface area contributed by atoms with Gasteiger partial charge in [0.05, 0.1) is 0 Å². The van der Waals surface area contributed by atoms with Crippen LogP contribution in [0, 0.1) is 17.6 Å². The lowest BCUT2D eigenvalue weighted by atomic mass is 10.4. The smallest absolute Gasteiger partial charge is 0.223 e. The van der Waals surface area contributed by atoms with Crippen molar-refractivity contribution in [3.8, 4) is 0 Å². The molecule has 0 aromatic carbocycles. The van der Waals surface area contributed by atoms with Gasteiger partial charge in [-0.3, -0.25) is 4.79 Å². The zero-order valence-corrected chi connectivity index (χ0v) is 9.67.